The van der Waals surface area contributed by atoms with Crippen LogP contribution in [0, 0.1) is 6.92 Å². The highest BCUT2D eigenvalue weighted by Gasteiger charge is 2.17. The second-order valence-electron chi connectivity index (χ2n) is 6.00. The molecule has 0 fully saturated rings. The van der Waals surface area contributed by atoms with Gasteiger partial charge in [-0.1, -0.05) is 36.4 Å². The van der Waals surface area contributed by atoms with Crippen LogP contribution in [-0.4, -0.2) is 23.0 Å². The van der Waals surface area contributed by atoms with Gasteiger partial charge in [-0.15, -0.1) is 23.7 Å². The Hall–Kier alpha value is -2.96. The normalized spacial score (nSPS) is 10.4. The zero-order valence-corrected chi connectivity index (χ0v) is 16.9. The molecule has 28 heavy (non-hydrogen) atoms. The summed E-state index contributed by atoms with van der Waals surface area (Å²) in [5.74, 6) is 0.341. The van der Waals surface area contributed by atoms with E-state index in [1.54, 1.807) is 29.8 Å². The zero-order valence-electron chi connectivity index (χ0n) is 15.3. The van der Waals surface area contributed by atoms with E-state index in [0.717, 1.165) is 27.0 Å². The maximum atomic E-state index is 11.8. The van der Waals surface area contributed by atoms with Crippen LogP contribution in [0.25, 0.3) is 21.3 Å². The van der Waals surface area contributed by atoms with Gasteiger partial charge in [0.2, 0.25) is 0 Å². The van der Waals surface area contributed by atoms with E-state index in [2.05, 4.69) is 34.3 Å². The summed E-state index contributed by atoms with van der Waals surface area (Å²) >= 11 is 1.64. The summed E-state index contributed by atoms with van der Waals surface area (Å²) in [5.41, 5.74) is 3.50. The molecule has 4 aromatic rings. The predicted octanol–water partition coefficient (Wildman–Crippen LogP) is 5.62. The first-order chi connectivity index (χ1) is 13.2. The van der Waals surface area contributed by atoms with Gasteiger partial charge in [0.25, 0.3) is 0 Å². The standard InChI is InChI=1S/C21H17N3O2S.ClH/c1-13-17(14-7-4-3-5-8-14)18-19(22-12-23-20(18)27-13)24-16-10-6-9-15(11-16)21(25)26-2;/h3-12H,1-2H3,(H,22,23,24);1H. The fourth-order valence-electron chi connectivity index (χ4n) is 3.07. The topological polar surface area (TPSA) is 64.1 Å². The number of ether oxygens (including phenoxy) is 1. The van der Waals surface area contributed by atoms with Gasteiger partial charge in [-0.05, 0) is 30.7 Å². The number of nitrogens with zero attached hydrogens (tertiary/aromatic N) is 2. The van der Waals surface area contributed by atoms with Crippen LogP contribution in [0.3, 0.4) is 0 Å². The number of halogens is 1. The number of thiophene rings is 1. The van der Waals surface area contributed by atoms with E-state index in [1.807, 2.05) is 30.3 Å². The molecule has 0 unspecified atom stereocenters. The molecule has 0 atom stereocenters. The SMILES string of the molecule is COC(=O)c1cccc(Nc2ncnc3sc(C)c(-c4ccccc4)c23)c1.Cl. The highest BCUT2D eigenvalue weighted by atomic mass is 35.5. The Bertz CT molecular complexity index is 1130. The second kappa shape index (κ2) is 8.37. The molecular weight excluding hydrogens is 394 g/mol. The van der Waals surface area contributed by atoms with Crippen molar-refractivity contribution in [2.24, 2.45) is 0 Å². The maximum Gasteiger partial charge on any atom is 0.337 e. The fourth-order valence-corrected chi connectivity index (χ4v) is 4.08. The van der Waals surface area contributed by atoms with Crippen LogP contribution in [0.1, 0.15) is 15.2 Å². The monoisotopic (exact) mass is 411 g/mol. The number of hydrogen-bond acceptors (Lipinski definition) is 6. The van der Waals surface area contributed by atoms with Crippen molar-refractivity contribution in [3.63, 3.8) is 0 Å². The summed E-state index contributed by atoms with van der Waals surface area (Å²) in [7, 11) is 1.37. The fraction of sp³-hybridized carbons (Fsp3) is 0.0952. The van der Waals surface area contributed by atoms with Crippen molar-refractivity contribution in [1.29, 1.82) is 0 Å². The number of aromatic nitrogens is 2. The molecule has 0 bridgehead atoms. The van der Waals surface area contributed by atoms with E-state index in [0.29, 0.717) is 11.4 Å². The number of benzene rings is 2. The average Bonchev–Trinajstić information content (AvgIpc) is 3.05. The second-order valence-corrected chi connectivity index (χ2v) is 7.20. The van der Waals surface area contributed by atoms with Crippen molar-refractivity contribution in [2.45, 2.75) is 6.92 Å². The molecule has 5 nitrogen and oxygen atoms in total. The first kappa shape index (κ1) is 19.8. The minimum Gasteiger partial charge on any atom is -0.465 e. The van der Waals surface area contributed by atoms with Gasteiger partial charge in [0, 0.05) is 16.1 Å². The van der Waals surface area contributed by atoms with Crippen molar-refractivity contribution < 1.29 is 9.53 Å². The molecule has 0 spiro atoms. The van der Waals surface area contributed by atoms with E-state index in [1.165, 1.54) is 12.0 Å². The lowest BCUT2D eigenvalue weighted by Crippen LogP contribution is -2.02. The summed E-state index contributed by atoms with van der Waals surface area (Å²) < 4.78 is 4.80. The number of aryl methyl sites for hydroxylation is 1. The molecule has 1 N–H and O–H groups in total. The van der Waals surface area contributed by atoms with E-state index >= 15 is 0 Å². The first-order valence-corrected chi connectivity index (χ1v) is 9.24. The van der Waals surface area contributed by atoms with Crippen molar-refractivity contribution in [3.05, 3.63) is 71.4 Å². The van der Waals surface area contributed by atoms with Crippen molar-refractivity contribution in [2.75, 3.05) is 12.4 Å². The Morgan fingerprint density at radius 2 is 1.86 bits per heavy atom. The highest BCUT2D eigenvalue weighted by molar-refractivity contribution is 7.19. The Morgan fingerprint density at radius 1 is 1.07 bits per heavy atom. The quantitative estimate of drug-likeness (QED) is 0.441. The molecule has 0 saturated heterocycles. The molecule has 2 aromatic carbocycles. The molecule has 7 heteroatoms. The largest absolute Gasteiger partial charge is 0.465 e. The van der Waals surface area contributed by atoms with Gasteiger partial charge in [-0.2, -0.15) is 0 Å². The van der Waals surface area contributed by atoms with Crippen molar-refractivity contribution in [1.82, 2.24) is 9.97 Å². The van der Waals surface area contributed by atoms with Crippen LogP contribution in [-0.2, 0) is 4.74 Å². The van der Waals surface area contributed by atoms with Gasteiger partial charge in [0.05, 0.1) is 18.1 Å². The zero-order chi connectivity index (χ0) is 18.8. The van der Waals surface area contributed by atoms with Crippen LogP contribution in [0.15, 0.2) is 60.9 Å². The lowest BCUT2D eigenvalue weighted by Gasteiger charge is -2.10. The summed E-state index contributed by atoms with van der Waals surface area (Å²) in [6.07, 6.45) is 1.56. The minimum atomic E-state index is -0.372. The van der Waals surface area contributed by atoms with Gasteiger partial charge in [-0.3, -0.25) is 0 Å². The lowest BCUT2D eigenvalue weighted by atomic mass is 10.0. The van der Waals surface area contributed by atoms with Gasteiger partial charge >= 0.3 is 5.97 Å². The van der Waals surface area contributed by atoms with Crippen LogP contribution in [0.4, 0.5) is 11.5 Å². The summed E-state index contributed by atoms with van der Waals surface area (Å²) in [5, 5.41) is 4.32. The van der Waals surface area contributed by atoms with Gasteiger partial charge in [0.15, 0.2) is 0 Å². The number of rotatable bonds is 4. The maximum absolute atomic E-state index is 11.8. The van der Waals surface area contributed by atoms with Crippen LogP contribution in [0.5, 0.6) is 0 Å². The smallest absolute Gasteiger partial charge is 0.337 e. The Labute approximate surface area is 172 Å². The summed E-state index contributed by atoms with van der Waals surface area (Å²) in [4.78, 5) is 22.8. The molecule has 0 amide bonds. The number of hydrogen-bond donors (Lipinski definition) is 1. The number of carbonyl (C=O) groups excluding carboxylic acids is 1. The number of esters is 1. The molecule has 0 aliphatic carbocycles. The predicted molar refractivity (Wildman–Crippen MR) is 116 cm³/mol. The Balaban J connectivity index is 0.00000225. The van der Waals surface area contributed by atoms with Crippen LogP contribution in [0.2, 0.25) is 0 Å². The molecule has 2 heterocycles. The molecule has 2 aromatic heterocycles. The number of methoxy groups -OCH3 is 1. The number of anilines is 2. The van der Waals surface area contributed by atoms with E-state index in [4.69, 9.17) is 4.74 Å². The van der Waals surface area contributed by atoms with E-state index < -0.39 is 0 Å². The molecule has 4 rings (SSSR count). The third kappa shape index (κ3) is 3.69. The molecule has 0 aliphatic rings. The van der Waals surface area contributed by atoms with Crippen LogP contribution >= 0.6 is 23.7 Å². The van der Waals surface area contributed by atoms with Gasteiger partial charge in [-0.25, -0.2) is 14.8 Å². The summed E-state index contributed by atoms with van der Waals surface area (Å²) in [6.45, 7) is 2.09. The molecule has 0 radical (unpaired) electrons. The van der Waals surface area contributed by atoms with E-state index in [9.17, 15) is 4.79 Å². The first-order valence-electron chi connectivity index (χ1n) is 8.42. The molecule has 0 saturated carbocycles. The average molecular weight is 412 g/mol. The summed E-state index contributed by atoms with van der Waals surface area (Å²) in [6, 6.07) is 17.4. The minimum absolute atomic E-state index is 0. The highest BCUT2D eigenvalue weighted by Crippen LogP contribution is 2.40. The van der Waals surface area contributed by atoms with E-state index in [-0.39, 0.29) is 18.4 Å². The Kier molecular flexibility index (Phi) is 5.92. The number of nitrogens with one attached hydrogen (secondary N) is 1. The van der Waals surface area contributed by atoms with Crippen molar-refractivity contribution in [3.8, 4) is 11.1 Å². The number of carbonyl (C=O) groups is 1. The van der Waals surface area contributed by atoms with Gasteiger partial charge in [0.1, 0.15) is 17.0 Å². The third-order valence-electron chi connectivity index (χ3n) is 4.27. The third-order valence-corrected chi connectivity index (χ3v) is 5.29. The molecular formula is C21H18ClN3O2S. The van der Waals surface area contributed by atoms with Crippen molar-refractivity contribution >= 4 is 51.4 Å². The van der Waals surface area contributed by atoms with Crippen LogP contribution < -0.4 is 5.32 Å². The number of fused-ring (bicyclic) bond motifs is 1. The Morgan fingerprint density at radius 3 is 2.61 bits per heavy atom. The lowest BCUT2D eigenvalue weighted by molar-refractivity contribution is 0.0601. The molecule has 142 valence electrons. The van der Waals surface area contributed by atoms with Gasteiger partial charge < -0.3 is 10.1 Å². The molecule has 0 aliphatic heterocycles.